The van der Waals surface area contributed by atoms with Crippen LogP contribution in [-0.4, -0.2) is 17.9 Å². The van der Waals surface area contributed by atoms with E-state index in [4.69, 9.17) is 21.3 Å². The normalized spacial score (nSPS) is 37.0. The second-order valence-electron chi connectivity index (χ2n) is 11.2. The lowest BCUT2D eigenvalue weighted by Gasteiger charge is -2.59. The lowest BCUT2D eigenvalue weighted by Crippen LogP contribution is -2.52. The molecule has 2 aromatic rings. The molecule has 4 aliphatic carbocycles. The molecule has 1 heterocycles. The zero-order valence-corrected chi connectivity index (χ0v) is 21.3. The molecule has 1 aromatic carbocycles. The van der Waals surface area contributed by atoms with Crippen molar-refractivity contribution in [3.8, 4) is 5.75 Å². The second kappa shape index (κ2) is 7.71. The number of rotatable bonds is 3. The van der Waals surface area contributed by atoms with Crippen molar-refractivity contribution in [1.29, 1.82) is 0 Å². The average molecular weight is 485 g/mol. The third-order valence-corrected chi connectivity index (χ3v) is 11.3. The highest BCUT2D eigenvalue weighted by atomic mass is 35.5. The Labute approximate surface area is 205 Å². The predicted octanol–water partition coefficient (Wildman–Crippen LogP) is 7.39. The monoisotopic (exact) mass is 484 g/mol. The summed E-state index contributed by atoms with van der Waals surface area (Å²) in [5.74, 6) is 3.96. The summed E-state index contributed by atoms with van der Waals surface area (Å²) >= 11 is 8.06. The minimum absolute atomic E-state index is 0.0399. The van der Waals surface area contributed by atoms with E-state index in [2.05, 4.69) is 19.2 Å². The van der Waals surface area contributed by atoms with Crippen molar-refractivity contribution in [2.75, 3.05) is 12.4 Å². The molecule has 3 saturated carbocycles. The second-order valence-corrected chi connectivity index (χ2v) is 12.7. The SMILES string of the molecule is COc1ccc(Cl)cc1Nc1nc2c(s1)C1CC[C@@H]3[C@H](CC[C@]4(C)C(=O)CC[C@@H]34)[C@@]1(C)CC2. The number of aromatic nitrogens is 1. The van der Waals surface area contributed by atoms with Gasteiger partial charge in [0, 0.05) is 27.7 Å². The van der Waals surface area contributed by atoms with Gasteiger partial charge in [-0.15, -0.1) is 11.3 Å². The van der Waals surface area contributed by atoms with Gasteiger partial charge in [-0.3, -0.25) is 4.79 Å². The summed E-state index contributed by atoms with van der Waals surface area (Å²) in [4.78, 5) is 19.2. The van der Waals surface area contributed by atoms with Crippen LogP contribution in [0, 0.1) is 28.6 Å². The van der Waals surface area contributed by atoms with Gasteiger partial charge in [-0.2, -0.15) is 0 Å². The summed E-state index contributed by atoms with van der Waals surface area (Å²) in [5, 5.41) is 5.10. The molecule has 6 atom stereocenters. The topological polar surface area (TPSA) is 51.2 Å². The number of anilines is 2. The van der Waals surface area contributed by atoms with Gasteiger partial charge in [-0.25, -0.2) is 4.98 Å². The quantitative estimate of drug-likeness (QED) is 0.493. The Bertz CT molecular complexity index is 1120. The maximum absolute atomic E-state index is 12.7. The first-order valence-corrected chi connectivity index (χ1v) is 13.7. The van der Waals surface area contributed by atoms with E-state index in [0.717, 1.165) is 54.1 Å². The molecular formula is C27H33ClN2O2S. The number of hydrogen-bond acceptors (Lipinski definition) is 5. The van der Waals surface area contributed by atoms with Crippen LogP contribution in [0.25, 0.3) is 0 Å². The molecule has 0 spiro atoms. The number of aryl methyl sites for hydroxylation is 1. The first-order valence-electron chi connectivity index (χ1n) is 12.5. The van der Waals surface area contributed by atoms with Crippen molar-refractivity contribution >= 4 is 39.5 Å². The third-order valence-electron chi connectivity index (χ3n) is 9.93. The highest BCUT2D eigenvalue weighted by molar-refractivity contribution is 7.15. The average Bonchev–Trinajstić information content (AvgIpc) is 3.33. The van der Waals surface area contributed by atoms with Crippen LogP contribution in [0.15, 0.2) is 18.2 Å². The fourth-order valence-corrected chi connectivity index (χ4v) is 9.66. The Morgan fingerprint density at radius 1 is 1.12 bits per heavy atom. The number of benzene rings is 1. The van der Waals surface area contributed by atoms with E-state index < -0.39 is 0 Å². The van der Waals surface area contributed by atoms with E-state index in [-0.39, 0.29) is 5.41 Å². The fourth-order valence-electron chi connectivity index (χ4n) is 8.17. The standard InChI is InChI=1S/C27H33ClN2O2S/c1-26-13-11-20-24(33-25(29-20)30-21-14-15(28)4-8-22(21)32-3)19(26)6-5-16-17-7-9-23(31)27(17,2)12-10-18(16)26/h4,8,14,16-19H,5-7,9-13H2,1-3H3,(H,29,30)/t16-,17-,18-,19?,26+,27-/m0/s1. The molecule has 0 bridgehead atoms. The van der Waals surface area contributed by atoms with Crippen LogP contribution in [0.1, 0.15) is 75.3 Å². The van der Waals surface area contributed by atoms with Crippen LogP contribution in [0.2, 0.25) is 5.02 Å². The van der Waals surface area contributed by atoms with Gasteiger partial charge in [0.1, 0.15) is 11.5 Å². The maximum atomic E-state index is 12.7. The Hall–Kier alpha value is -1.59. The van der Waals surface area contributed by atoms with Crippen LogP contribution in [-0.2, 0) is 11.2 Å². The molecule has 0 amide bonds. The number of carbonyl (C=O) groups is 1. The van der Waals surface area contributed by atoms with Gasteiger partial charge >= 0.3 is 0 Å². The summed E-state index contributed by atoms with van der Waals surface area (Å²) in [6, 6.07) is 5.63. The van der Waals surface area contributed by atoms with Gasteiger partial charge < -0.3 is 10.1 Å². The van der Waals surface area contributed by atoms with Crippen molar-refractivity contribution in [2.45, 2.75) is 71.1 Å². The summed E-state index contributed by atoms with van der Waals surface area (Å²) in [6.45, 7) is 4.84. The largest absolute Gasteiger partial charge is 0.495 e. The molecule has 1 N–H and O–H groups in total. The predicted molar refractivity (Wildman–Crippen MR) is 134 cm³/mol. The van der Waals surface area contributed by atoms with E-state index in [1.54, 1.807) is 7.11 Å². The highest BCUT2D eigenvalue weighted by Crippen LogP contribution is 2.67. The number of carbonyl (C=O) groups excluding carboxylic acids is 1. The number of nitrogens with one attached hydrogen (secondary N) is 1. The number of thiazole rings is 1. The van der Waals surface area contributed by atoms with Gasteiger partial charge in [-0.05, 0) is 86.3 Å². The first-order chi connectivity index (χ1) is 15.8. The molecule has 6 heteroatoms. The van der Waals surface area contributed by atoms with Gasteiger partial charge in [0.15, 0.2) is 5.13 Å². The molecule has 1 unspecified atom stereocenters. The van der Waals surface area contributed by atoms with E-state index in [9.17, 15) is 4.79 Å². The van der Waals surface area contributed by atoms with Crippen molar-refractivity contribution in [1.82, 2.24) is 4.98 Å². The number of ether oxygens (including phenoxy) is 1. The van der Waals surface area contributed by atoms with E-state index in [1.165, 1.54) is 36.3 Å². The number of halogens is 1. The molecule has 1 aromatic heterocycles. The number of hydrogen-bond donors (Lipinski definition) is 1. The number of methoxy groups -OCH3 is 1. The molecule has 0 saturated heterocycles. The number of nitrogens with zero attached hydrogens (tertiary/aromatic N) is 1. The zero-order chi connectivity index (χ0) is 23.0. The van der Waals surface area contributed by atoms with Crippen LogP contribution in [0.4, 0.5) is 10.8 Å². The fraction of sp³-hybridized carbons (Fsp3) is 0.630. The maximum Gasteiger partial charge on any atom is 0.187 e. The van der Waals surface area contributed by atoms with Crippen molar-refractivity contribution in [3.63, 3.8) is 0 Å². The smallest absolute Gasteiger partial charge is 0.187 e. The Morgan fingerprint density at radius 3 is 2.79 bits per heavy atom. The van der Waals surface area contributed by atoms with Crippen LogP contribution >= 0.6 is 22.9 Å². The van der Waals surface area contributed by atoms with Crippen molar-refractivity contribution < 1.29 is 9.53 Å². The Morgan fingerprint density at radius 2 is 1.97 bits per heavy atom. The third kappa shape index (κ3) is 3.21. The van der Waals surface area contributed by atoms with Crippen LogP contribution < -0.4 is 10.1 Å². The first kappa shape index (κ1) is 21.9. The summed E-state index contributed by atoms with van der Waals surface area (Å²) in [7, 11) is 1.68. The minimum Gasteiger partial charge on any atom is -0.495 e. The van der Waals surface area contributed by atoms with E-state index >= 15 is 0 Å². The van der Waals surface area contributed by atoms with Gasteiger partial charge in [0.05, 0.1) is 18.5 Å². The number of fused-ring (bicyclic) bond motifs is 7. The van der Waals surface area contributed by atoms with Crippen molar-refractivity contribution in [2.24, 2.45) is 28.6 Å². The summed E-state index contributed by atoms with van der Waals surface area (Å²) in [5.41, 5.74) is 2.42. The lowest BCUT2D eigenvalue weighted by atomic mass is 9.46. The highest BCUT2D eigenvalue weighted by Gasteiger charge is 2.60. The molecule has 4 aliphatic rings. The molecular weight excluding hydrogens is 452 g/mol. The molecule has 6 rings (SSSR count). The summed E-state index contributed by atoms with van der Waals surface area (Å²) in [6.07, 6.45) is 9.01. The Kier molecular flexibility index (Phi) is 5.12. The molecule has 4 nitrogen and oxygen atoms in total. The molecule has 33 heavy (non-hydrogen) atoms. The number of Topliss-reactive ketones (excluding diaryl/α,β-unsaturated/α-hetero) is 1. The van der Waals surface area contributed by atoms with Crippen LogP contribution in [0.5, 0.6) is 5.75 Å². The zero-order valence-electron chi connectivity index (χ0n) is 19.7. The van der Waals surface area contributed by atoms with Crippen molar-refractivity contribution in [3.05, 3.63) is 33.8 Å². The molecule has 176 valence electrons. The summed E-state index contributed by atoms with van der Waals surface area (Å²) < 4.78 is 5.52. The van der Waals surface area contributed by atoms with E-state index in [0.29, 0.717) is 28.1 Å². The van der Waals surface area contributed by atoms with Gasteiger partial charge in [0.2, 0.25) is 0 Å². The lowest BCUT2D eigenvalue weighted by molar-refractivity contribution is -0.134. The molecule has 0 aliphatic heterocycles. The minimum atomic E-state index is -0.0399. The van der Waals surface area contributed by atoms with Gasteiger partial charge in [0.25, 0.3) is 0 Å². The van der Waals surface area contributed by atoms with E-state index in [1.807, 2.05) is 29.5 Å². The molecule has 0 radical (unpaired) electrons. The van der Waals surface area contributed by atoms with Crippen LogP contribution in [0.3, 0.4) is 0 Å². The number of ketones is 1. The molecule has 3 fully saturated rings. The van der Waals surface area contributed by atoms with Gasteiger partial charge in [-0.1, -0.05) is 25.4 Å². The Balaban J connectivity index is 1.29.